The second-order valence-corrected chi connectivity index (χ2v) is 8.93. The van der Waals surface area contributed by atoms with Crippen LogP contribution in [-0.2, 0) is 16.6 Å². The highest BCUT2D eigenvalue weighted by Gasteiger charge is 2.20. The molecule has 0 fully saturated rings. The highest BCUT2D eigenvalue weighted by molar-refractivity contribution is 7.92. The topological polar surface area (TPSA) is 135 Å². The third-order valence-electron chi connectivity index (χ3n) is 4.80. The zero-order chi connectivity index (χ0) is 23.4. The number of nitrogens with zero attached hydrogens (tertiary/aromatic N) is 3. The lowest BCUT2D eigenvalue weighted by atomic mass is 10.2. The average molecular weight is 468 g/mol. The molecule has 2 N–H and O–H groups in total. The molecule has 0 aliphatic carbocycles. The Balaban J connectivity index is 1.45. The molecule has 33 heavy (non-hydrogen) atoms. The summed E-state index contributed by atoms with van der Waals surface area (Å²) in [5.41, 5.74) is 1.35. The summed E-state index contributed by atoms with van der Waals surface area (Å²) in [6.07, 6.45) is 0.266. The van der Waals surface area contributed by atoms with Crippen LogP contribution in [0.4, 0.5) is 11.5 Å². The normalized spacial score (nSPS) is 12.6. The minimum atomic E-state index is -3.86. The number of carbonyl (C=O) groups is 1. The van der Waals surface area contributed by atoms with Gasteiger partial charge in [-0.15, -0.1) is 0 Å². The van der Waals surface area contributed by atoms with Crippen molar-refractivity contribution >= 4 is 27.4 Å². The van der Waals surface area contributed by atoms with Crippen molar-refractivity contribution in [1.82, 2.24) is 9.78 Å². The average Bonchev–Trinajstić information content (AvgIpc) is 3.16. The van der Waals surface area contributed by atoms with E-state index in [9.17, 15) is 13.2 Å². The minimum absolute atomic E-state index is 0.0366. The van der Waals surface area contributed by atoms with Gasteiger partial charge in [-0.05, 0) is 43.3 Å². The van der Waals surface area contributed by atoms with E-state index in [1.54, 1.807) is 23.7 Å². The van der Waals surface area contributed by atoms with Crippen molar-refractivity contribution in [1.29, 1.82) is 5.26 Å². The van der Waals surface area contributed by atoms with Crippen molar-refractivity contribution in [2.75, 3.05) is 23.3 Å². The molecule has 3 aromatic rings. The Kier molecular flexibility index (Phi) is 6.19. The highest BCUT2D eigenvalue weighted by Crippen LogP contribution is 2.32. The largest absolute Gasteiger partial charge is 0.486 e. The summed E-state index contributed by atoms with van der Waals surface area (Å²) in [5.74, 6) is 0.977. The molecule has 0 unspecified atom stereocenters. The van der Waals surface area contributed by atoms with Crippen LogP contribution in [0.15, 0.2) is 53.4 Å². The van der Waals surface area contributed by atoms with Gasteiger partial charge in [0.15, 0.2) is 11.5 Å². The Morgan fingerprint density at radius 3 is 2.58 bits per heavy atom. The van der Waals surface area contributed by atoms with Gasteiger partial charge in [0.1, 0.15) is 19.0 Å². The summed E-state index contributed by atoms with van der Waals surface area (Å²) in [5, 5.41) is 15.8. The number of carbonyl (C=O) groups excluding carboxylic acids is 1. The van der Waals surface area contributed by atoms with Crippen LogP contribution in [-0.4, -0.2) is 37.3 Å². The maximum Gasteiger partial charge on any atom is 0.262 e. The molecule has 4 rings (SSSR count). The van der Waals surface area contributed by atoms with Crippen LogP contribution >= 0.6 is 0 Å². The number of amides is 1. The lowest BCUT2D eigenvalue weighted by Gasteiger charge is -2.19. The number of hydrogen-bond donors (Lipinski definition) is 2. The molecule has 1 aliphatic rings. The molecule has 1 amide bonds. The predicted octanol–water partition coefficient (Wildman–Crippen LogP) is 2.93. The zero-order valence-electron chi connectivity index (χ0n) is 17.7. The first-order valence-corrected chi connectivity index (χ1v) is 11.6. The van der Waals surface area contributed by atoms with Crippen LogP contribution in [0.25, 0.3) is 0 Å². The lowest BCUT2D eigenvalue weighted by Crippen LogP contribution is -2.18. The van der Waals surface area contributed by atoms with Gasteiger partial charge >= 0.3 is 0 Å². The number of nitriles is 1. The summed E-state index contributed by atoms with van der Waals surface area (Å²) < 4.78 is 40.4. The Morgan fingerprint density at radius 2 is 1.85 bits per heavy atom. The standard InChI is InChI=1S/C22H21N5O5S/c1-15-13-21(27(25-15)10-2-9-23)24-22(28)16-3-5-17(6-4-16)26-33(29,30)18-7-8-19-20(14-18)32-12-11-31-19/h3-8,13-14,26H,2,10-12H2,1H3,(H,24,28). The van der Waals surface area contributed by atoms with Crippen molar-refractivity contribution in [2.24, 2.45) is 0 Å². The summed E-state index contributed by atoms with van der Waals surface area (Å²) in [6, 6.07) is 14.2. The van der Waals surface area contributed by atoms with E-state index in [4.69, 9.17) is 14.7 Å². The molecule has 170 valence electrons. The van der Waals surface area contributed by atoms with Gasteiger partial charge in [0, 0.05) is 23.4 Å². The number of aromatic nitrogens is 2. The predicted molar refractivity (Wildman–Crippen MR) is 120 cm³/mol. The van der Waals surface area contributed by atoms with Crippen LogP contribution in [0.2, 0.25) is 0 Å². The van der Waals surface area contributed by atoms with Gasteiger partial charge in [0.25, 0.3) is 15.9 Å². The number of aryl methyl sites for hydroxylation is 2. The summed E-state index contributed by atoms with van der Waals surface area (Å²) in [7, 11) is -3.86. The summed E-state index contributed by atoms with van der Waals surface area (Å²) in [4.78, 5) is 12.7. The zero-order valence-corrected chi connectivity index (χ0v) is 18.6. The molecule has 0 radical (unpaired) electrons. The second kappa shape index (κ2) is 9.22. The number of nitrogens with one attached hydrogen (secondary N) is 2. The quantitative estimate of drug-likeness (QED) is 0.545. The van der Waals surface area contributed by atoms with Gasteiger partial charge in [0.2, 0.25) is 0 Å². The molecule has 1 aromatic heterocycles. The number of anilines is 2. The molecule has 0 saturated carbocycles. The molecular weight excluding hydrogens is 446 g/mol. The SMILES string of the molecule is Cc1cc(NC(=O)c2ccc(NS(=O)(=O)c3ccc4c(c3)OCCO4)cc2)n(CCC#N)n1. The number of ether oxygens (including phenoxy) is 2. The van der Waals surface area contributed by atoms with Crippen molar-refractivity contribution in [3.63, 3.8) is 0 Å². The van der Waals surface area contributed by atoms with E-state index in [0.29, 0.717) is 54.0 Å². The molecule has 0 atom stereocenters. The van der Waals surface area contributed by atoms with E-state index in [2.05, 4.69) is 15.1 Å². The van der Waals surface area contributed by atoms with Crippen molar-refractivity contribution in [3.05, 3.63) is 59.8 Å². The fourth-order valence-corrected chi connectivity index (χ4v) is 4.33. The van der Waals surface area contributed by atoms with E-state index < -0.39 is 10.0 Å². The number of fused-ring (bicyclic) bond motifs is 1. The van der Waals surface area contributed by atoms with Crippen molar-refractivity contribution < 1.29 is 22.7 Å². The first-order valence-electron chi connectivity index (χ1n) is 10.1. The van der Waals surface area contributed by atoms with Gasteiger partial charge < -0.3 is 14.8 Å². The third kappa shape index (κ3) is 5.07. The summed E-state index contributed by atoms with van der Waals surface area (Å²) in [6.45, 7) is 2.92. The van der Waals surface area contributed by atoms with Crippen LogP contribution in [0.3, 0.4) is 0 Å². The molecule has 10 nitrogen and oxygen atoms in total. The second-order valence-electron chi connectivity index (χ2n) is 7.24. The van der Waals surface area contributed by atoms with Crippen LogP contribution in [0.5, 0.6) is 11.5 Å². The van der Waals surface area contributed by atoms with Crippen molar-refractivity contribution in [2.45, 2.75) is 24.8 Å². The number of sulfonamides is 1. The Bertz CT molecular complexity index is 1330. The van der Waals surface area contributed by atoms with Gasteiger partial charge in [-0.25, -0.2) is 13.1 Å². The first kappa shape index (κ1) is 22.2. The van der Waals surface area contributed by atoms with E-state index in [1.165, 1.54) is 36.4 Å². The van der Waals surface area contributed by atoms with Crippen LogP contribution < -0.4 is 19.5 Å². The number of rotatable bonds is 7. The maximum absolute atomic E-state index is 12.8. The smallest absolute Gasteiger partial charge is 0.262 e. The lowest BCUT2D eigenvalue weighted by molar-refractivity contribution is 0.102. The molecule has 0 saturated heterocycles. The molecule has 0 spiro atoms. The number of benzene rings is 2. The number of hydrogen-bond acceptors (Lipinski definition) is 7. The van der Waals surface area contributed by atoms with Crippen molar-refractivity contribution in [3.8, 4) is 17.6 Å². The molecule has 0 bridgehead atoms. The van der Waals surface area contributed by atoms with E-state index >= 15 is 0 Å². The Morgan fingerprint density at radius 1 is 1.12 bits per heavy atom. The molecule has 1 aliphatic heterocycles. The molecule has 2 heterocycles. The monoisotopic (exact) mass is 467 g/mol. The van der Waals surface area contributed by atoms with Gasteiger partial charge in [-0.2, -0.15) is 10.4 Å². The van der Waals surface area contributed by atoms with Gasteiger partial charge in [0.05, 0.1) is 29.6 Å². The van der Waals surface area contributed by atoms with E-state index in [-0.39, 0.29) is 17.2 Å². The molecule has 2 aromatic carbocycles. The molecular formula is C22H21N5O5S. The van der Waals surface area contributed by atoms with E-state index in [1.807, 2.05) is 6.07 Å². The molecule has 11 heteroatoms. The Labute approximate surface area is 190 Å². The fourth-order valence-electron chi connectivity index (χ4n) is 3.26. The van der Waals surface area contributed by atoms with Gasteiger partial charge in [-0.1, -0.05) is 0 Å². The third-order valence-corrected chi connectivity index (χ3v) is 6.18. The Hall–Kier alpha value is -4.04. The fraction of sp³-hybridized carbons (Fsp3) is 0.227. The highest BCUT2D eigenvalue weighted by atomic mass is 32.2. The van der Waals surface area contributed by atoms with E-state index in [0.717, 1.165) is 0 Å². The van der Waals surface area contributed by atoms with Crippen LogP contribution in [0, 0.1) is 18.3 Å². The first-order chi connectivity index (χ1) is 15.9. The van der Waals surface area contributed by atoms with Gasteiger partial charge in [-0.3, -0.25) is 9.52 Å². The minimum Gasteiger partial charge on any atom is -0.486 e. The van der Waals surface area contributed by atoms with Crippen LogP contribution in [0.1, 0.15) is 22.5 Å². The maximum atomic E-state index is 12.8. The summed E-state index contributed by atoms with van der Waals surface area (Å²) >= 11 is 0.